The summed E-state index contributed by atoms with van der Waals surface area (Å²) < 4.78 is -0.600. The van der Waals surface area contributed by atoms with Gasteiger partial charge in [0.1, 0.15) is 0 Å². The maximum Gasteiger partial charge on any atom is 0.303 e. The number of rotatable bonds is 11. The molecule has 3 aromatic carbocycles. The van der Waals surface area contributed by atoms with Gasteiger partial charge in [0.25, 0.3) is 0 Å². The monoisotopic (exact) mass is 585 g/mol. The third kappa shape index (κ3) is 6.53. The second-order valence-corrected chi connectivity index (χ2v) is 13.0. The molecule has 6 heteroatoms. The summed E-state index contributed by atoms with van der Waals surface area (Å²) in [5.41, 5.74) is 4.44. The van der Waals surface area contributed by atoms with Crippen LogP contribution in [0.5, 0.6) is 0 Å². The first-order chi connectivity index (χ1) is 19.5. The molecule has 4 nitrogen and oxygen atoms in total. The zero-order valence-corrected chi connectivity index (χ0v) is 25.1. The van der Waals surface area contributed by atoms with Crippen molar-refractivity contribution in [1.29, 1.82) is 0 Å². The van der Waals surface area contributed by atoms with Gasteiger partial charge in [0.05, 0.1) is 23.2 Å². The lowest BCUT2D eigenvalue weighted by molar-refractivity contribution is -0.138. The van der Waals surface area contributed by atoms with Gasteiger partial charge in [-0.1, -0.05) is 78.3 Å². The van der Waals surface area contributed by atoms with E-state index in [1.165, 1.54) is 0 Å². The number of aliphatic hydroxyl groups is 1. The largest absolute Gasteiger partial charge is 0.481 e. The molecule has 0 spiro atoms. The molecule has 1 atom stereocenters. The van der Waals surface area contributed by atoms with Crippen LogP contribution in [0.2, 0.25) is 5.02 Å². The number of hydrogen-bond acceptors (Lipinski definition) is 4. The zero-order chi connectivity index (χ0) is 29.3. The van der Waals surface area contributed by atoms with Crippen molar-refractivity contribution in [2.24, 2.45) is 5.41 Å². The van der Waals surface area contributed by atoms with Crippen molar-refractivity contribution in [1.82, 2.24) is 4.98 Å². The summed E-state index contributed by atoms with van der Waals surface area (Å²) >= 11 is 11.5. The first-order valence-corrected chi connectivity index (χ1v) is 14.9. The van der Waals surface area contributed by atoms with Crippen LogP contribution in [0.25, 0.3) is 23.1 Å². The van der Waals surface area contributed by atoms with Crippen molar-refractivity contribution in [2.75, 3.05) is 0 Å². The van der Waals surface area contributed by atoms with Gasteiger partial charge in [-0.3, -0.25) is 4.79 Å². The molecule has 41 heavy (non-hydrogen) atoms. The Balaban J connectivity index is 1.42. The van der Waals surface area contributed by atoms with Crippen LogP contribution in [0.4, 0.5) is 0 Å². The van der Waals surface area contributed by atoms with Crippen LogP contribution in [0.3, 0.4) is 0 Å². The van der Waals surface area contributed by atoms with Crippen LogP contribution in [0.1, 0.15) is 73.9 Å². The van der Waals surface area contributed by atoms with E-state index in [0.717, 1.165) is 71.0 Å². The minimum Gasteiger partial charge on any atom is -0.481 e. The van der Waals surface area contributed by atoms with Crippen LogP contribution >= 0.6 is 24.2 Å². The molecule has 1 aliphatic carbocycles. The number of carboxylic acid groups (broad SMARTS) is 1. The van der Waals surface area contributed by atoms with Crippen LogP contribution in [0, 0.1) is 5.41 Å². The van der Waals surface area contributed by atoms with Gasteiger partial charge in [0.15, 0.2) is 0 Å². The predicted octanol–water partition coefficient (Wildman–Crippen LogP) is 8.69. The maximum atomic E-state index is 11.9. The number of carbonyl (C=O) groups is 1. The first kappa shape index (κ1) is 29.4. The minimum absolute atomic E-state index is 0.0976. The maximum absolute atomic E-state index is 11.9. The number of nitrogens with zero attached hydrogens (tertiary/aromatic N) is 1. The van der Waals surface area contributed by atoms with E-state index >= 15 is 0 Å². The standard InChI is InChI=1S/C35H36ClNO3S/c1-33(2,40)30-11-4-3-8-25(30)9-6-18-35(41,34(19-20-34)23-32(38)39)27-10-5-7-24(21-27)12-16-29-17-14-26-13-15-28(36)22-31(26)37-29/h3-5,7-8,10-17,21-22,40-41H,6,9,18-20,23H2,1-2H3,(H,38,39)/t35-/m0/s1. The van der Waals surface area contributed by atoms with Gasteiger partial charge in [-0.25, -0.2) is 4.98 Å². The quantitative estimate of drug-likeness (QED) is 0.154. The van der Waals surface area contributed by atoms with Crippen molar-refractivity contribution >= 4 is 53.3 Å². The van der Waals surface area contributed by atoms with E-state index in [9.17, 15) is 15.0 Å². The lowest BCUT2D eigenvalue weighted by Gasteiger charge is -2.38. The molecule has 1 heterocycles. The minimum atomic E-state index is -0.928. The molecule has 4 aromatic rings. The summed E-state index contributed by atoms with van der Waals surface area (Å²) in [5, 5.41) is 22.2. The SMILES string of the molecule is CC(C)(O)c1ccccc1CCC[C@](S)(c1cccc(C=Cc2ccc3ccc(Cl)cc3n2)c1)C1(CC(=O)O)CC1. The number of aliphatic carboxylic acids is 1. The highest BCUT2D eigenvalue weighted by atomic mass is 35.5. The van der Waals surface area contributed by atoms with Gasteiger partial charge in [-0.2, -0.15) is 12.6 Å². The fourth-order valence-corrected chi connectivity index (χ4v) is 6.81. The number of hydrogen-bond donors (Lipinski definition) is 3. The summed E-state index contributed by atoms with van der Waals surface area (Å²) in [6.07, 6.45) is 8.12. The lowest BCUT2D eigenvalue weighted by Crippen LogP contribution is -2.33. The Hall–Kier alpha value is -3.12. The van der Waals surface area contributed by atoms with E-state index in [-0.39, 0.29) is 11.8 Å². The summed E-state index contributed by atoms with van der Waals surface area (Å²) in [5.74, 6) is -0.785. The molecule has 212 valence electrons. The van der Waals surface area contributed by atoms with Crippen LogP contribution in [0.15, 0.2) is 78.9 Å². The Labute approximate surface area is 252 Å². The molecule has 0 aliphatic heterocycles. The molecular weight excluding hydrogens is 550 g/mol. The van der Waals surface area contributed by atoms with Crippen molar-refractivity contribution in [3.05, 3.63) is 112 Å². The van der Waals surface area contributed by atoms with E-state index in [2.05, 4.69) is 18.2 Å². The molecule has 5 rings (SSSR count). The van der Waals surface area contributed by atoms with E-state index in [1.54, 1.807) is 0 Å². The Morgan fingerprint density at radius 2 is 1.78 bits per heavy atom. The van der Waals surface area contributed by atoms with Crippen molar-refractivity contribution < 1.29 is 15.0 Å². The van der Waals surface area contributed by atoms with E-state index in [4.69, 9.17) is 29.2 Å². The van der Waals surface area contributed by atoms with Crippen molar-refractivity contribution in [2.45, 2.75) is 62.7 Å². The normalized spacial score (nSPS) is 16.1. The molecule has 0 radical (unpaired) electrons. The molecule has 1 aliphatic rings. The highest BCUT2D eigenvalue weighted by molar-refractivity contribution is 7.81. The fourth-order valence-electron chi connectivity index (χ4n) is 6.04. The molecule has 0 saturated heterocycles. The van der Waals surface area contributed by atoms with E-state index in [1.807, 2.05) is 86.7 Å². The van der Waals surface area contributed by atoms with Crippen LogP contribution in [-0.2, 0) is 21.6 Å². The molecular formula is C35H36ClNO3S. The topological polar surface area (TPSA) is 70.4 Å². The molecule has 0 unspecified atom stereocenters. The van der Waals surface area contributed by atoms with Gasteiger partial charge in [0.2, 0.25) is 0 Å². The molecule has 0 bridgehead atoms. The fraction of sp³-hybridized carbons (Fsp3) is 0.314. The first-order valence-electron chi connectivity index (χ1n) is 14.1. The second-order valence-electron chi connectivity index (χ2n) is 11.8. The highest BCUT2D eigenvalue weighted by Crippen LogP contribution is 2.65. The summed E-state index contributed by atoms with van der Waals surface area (Å²) in [6, 6.07) is 26.0. The van der Waals surface area contributed by atoms with Crippen LogP contribution in [-0.4, -0.2) is 21.2 Å². The van der Waals surface area contributed by atoms with Gasteiger partial charge < -0.3 is 10.2 Å². The number of thiol groups is 1. The number of benzene rings is 3. The number of pyridine rings is 1. The van der Waals surface area contributed by atoms with E-state index < -0.39 is 16.3 Å². The number of halogens is 1. The lowest BCUT2D eigenvalue weighted by atomic mass is 9.76. The van der Waals surface area contributed by atoms with Crippen molar-refractivity contribution in [3.8, 4) is 0 Å². The molecule has 2 N–H and O–H groups in total. The number of fused-ring (bicyclic) bond motifs is 1. The third-order valence-electron chi connectivity index (χ3n) is 8.37. The Morgan fingerprint density at radius 1 is 1.02 bits per heavy atom. The Kier molecular flexibility index (Phi) is 8.34. The number of aryl methyl sites for hydroxylation is 1. The smallest absolute Gasteiger partial charge is 0.303 e. The summed E-state index contributed by atoms with van der Waals surface area (Å²) in [4.78, 5) is 16.7. The Bertz CT molecular complexity index is 1600. The zero-order valence-electron chi connectivity index (χ0n) is 23.5. The number of aromatic nitrogens is 1. The molecule has 0 amide bonds. The van der Waals surface area contributed by atoms with Crippen LogP contribution < -0.4 is 0 Å². The number of carboxylic acids is 1. The van der Waals surface area contributed by atoms with Gasteiger partial charge in [0, 0.05) is 15.2 Å². The van der Waals surface area contributed by atoms with Gasteiger partial charge in [-0.05, 0) is 97.9 Å². The summed E-state index contributed by atoms with van der Waals surface area (Å²) in [7, 11) is 0. The predicted molar refractivity (Wildman–Crippen MR) is 171 cm³/mol. The molecule has 1 saturated carbocycles. The average Bonchev–Trinajstić information content (AvgIpc) is 3.72. The van der Waals surface area contributed by atoms with E-state index in [0.29, 0.717) is 5.02 Å². The highest BCUT2D eigenvalue weighted by Gasteiger charge is 2.58. The van der Waals surface area contributed by atoms with Gasteiger partial charge in [-0.15, -0.1) is 0 Å². The molecule has 1 fully saturated rings. The molecule has 1 aromatic heterocycles. The Morgan fingerprint density at radius 3 is 2.51 bits per heavy atom. The average molecular weight is 586 g/mol. The second kappa shape index (κ2) is 11.6. The van der Waals surface area contributed by atoms with Gasteiger partial charge >= 0.3 is 5.97 Å². The third-order valence-corrected chi connectivity index (χ3v) is 9.56. The van der Waals surface area contributed by atoms with Crippen molar-refractivity contribution in [3.63, 3.8) is 0 Å². The summed E-state index contributed by atoms with van der Waals surface area (Å²) in [6.45, 7) is 3.62.